The van der Waals surface area contributed by atoms with Gasteiger partial charge in [-0.15, -0.1) is 0 Å². The Hall–Kier alpha value is -11.3. The van der Waals surface area contributed by atoms with Crippen molar-refractivity contribution in [2.24, 2.45) is 0 Å². The van der Waals surface area contributed by atoms with Crippen molar-refractivity contribution in [3.63, 3.8) is 0 Å². The van der Waals surface area contributed by atoms with Crippen molar-refractivity contribution in [3.05, 3.63) is 279 Å². The molecule has 0 aliphatic rings. The zero-order chi connectivity index (χ0) is 54.3. The number of benzene rings is 12. The maximum Gasteiger partial charge on any atom is 0.237 e. The van der Waals surface area contributed by atoms with Crippen LogP contribution >= 0.6 is 0 Å². The minimum absolute atomic E-state index is 0.578. The Morgan fingerprint density at radius 3 is 1.07 bits per heavy atom. The number of hydrogen-bond donors (Lipinski definition) is 0. The van der Waals surface area contributed by atoms with Crippen molar-refractivity contribution in [2.75, 3.05) is 0 Å². The van der Waals surface area contributed by atoms with Crippen LogP contribution in [0, 0.1) is 0 Å². The third-order valence-corrected chi connectivity index (χ3v) is 17.2. The molecule has 6 aromatic heterocycles. The first-order chi connectivity index (χ1) is 41.1. The first-order valence-electron chi connectivity index (χ1n) is 28.2. The lowest BCUT2D eigenvalue weighted by Crippen LogP contribution is -2.07. The SMILES string of the molecule is c1ccc(-n2c3ccccc3c3cc(-c4ccc5c(c4)c4ccccc4n5-c4cc(-c5ccc6oc7ccccc7c6c5)nc(-n5c6ccccc6c6cc(-c7ccc8c(c7)c7ccccc7n8-c7ccccc7)ccc65)n4)ccc32)cc1. The molecule has 0 atom stereocenters. The molecule has 0 fully saturated rings. The van der Waals surface area contributed by atoms with Crippen LogP contribution in [0.4, 0.5) is 0 Å². The first-order valence-corrected chi connectivity index (χ1v) is 28.2. The molecule has 7 nitrogen and oxygen atoms in total. The molecule has 6 heterocycles. The predicted molar refractivity (Wildman–Crippen MR) is 343 cm³/mol. The van der Waals surface area contributed by atoms with Gasteiger partial charge in [-0.1, -0.05) is 152 Å². The molecule has 0 radical (unpaired) electrons. The minimum Gasteiger partial charge on any atom is -0.456 e. The summed E-state index contributed by atoms with van der Waals surface area (Å²) < 4.78 is 15.7. The number of aromatic nitrogens is 6. The Morgan fingerprint density at radius 1 is 0.229 bits per heavy atom. The van der Waals surface area contributed by atoms with Crippen LogP contribution in [-0.2, 0) is 0 Å². The lowest BCUT2D eigenvalue weighted by atomic mass is 10.0. The highest BCUT2D eigenvalue weighted by Gasteiger charge is 2.23. The molecule has 12 aromatic carbocycles. The van der Waals surface area contributed by atoms with E-state index in [-0.39, 0.29) is 0 Å². The number of fused-ring (bicyclic) bond motifs is 15. The number of furan rings is 1. The van der Waals surface area contributed by atoms with Crippen molar-refractivity contribution in [3.8, 4) is 56.7 Å². The molecule has 7 heteroatoms. The lowest BCUT2D eigenvalue weighted by molar-refractivity contribution is 0.669. The van der Waals surface area contributed by atoms with Gasteiger partial charge in [-0.3, -0.25) is 9.13 Å². The molecule has 0 N–H and O–H groups in total. The molecule has 0 unspecified atom stereocenters. The van der Waals surface area contributed by atoms with E-state index in [0.717, 1.165) is 116 Å². The zero-order valence-electron chi connectivity index (χ0n) is 44.6. The maximum atomic E-state index is 6.36. The summed E-state index contributed by atoms with van der Waals surface area (Å²) in [5.41, 5.74) is 19.2. The van der Waals surface area contributed by atoms with Crippen LogP contribution in [0.15, 0.2) is 283 Å². The fourth-order valence-corrected chi connectivity index (χ4v) is 13.5. The van der Waals surface area contributed by atoms with Crippen LogP contribution in [0.5, 0.6) is 0 Å². The normalized spacial score (nSPS) is 12.1. The second kappa shape index (κ2) is 17.6. The number of rotatable bonds is 7. The van der Waals surface area contributed by atoms with Gasteiger partial charge in [0.05, 0.1) is 49.8 Å². The summed E-state index contributed by atoms with van der Waals surface area (Å²) in [4.78, 5) is 11.3. The largest absolute Gasteiger partial charge is 0.456 e. The molecule has 0 saturated heterocycles. The highest BCUT2D eigenvalue weighted by molar-refractivity contribution is 6.15. The van der Waals surface area contributed by atoms with Crippen molar-refractivity contribution in [1.29, 1.82) is 0 Å². The van der Waals surface area contributed by atoms with Crippen molar-refractivity contribution < 1.29 is 4.42 Å². The second-order valence-electron chi connectivity index (χ2n) is 21.7. The van der Waals surface area contributed by atoms with E-state index in [0.29, 0.717) is 5.95 Å². The Bertz CT molecular complexity index is 5410. The van der Waals surface area contributed by atoms with E-state index in [1.165, 1.54) is 43.6 Å². The summed E-state index contributed by atoms with van der Waals surface area (Å²) in [6.45, 7) is 0. The van der Waals surface area contributed by atoms with Crippen LogP contribution in [0.2, 0.25) is 0 Å². The van der Waals surface area contributed by atoms with Gasteiger partial charge < -0.3 is 13.6 Å². The van der Waals surface area contributed by atoms with E-state index in [1.807, 2.05) is 12.1 Å². The zero-order valence-corrected chi connectivity index (χ0v) is 44.6. The van der Waals surface area contributed by atoms with E-state index >= 15 is 0 Å². The fourth-order valence-electron chi connectivity index (χ4n) is 13.5. The average molecular weight is 1060 g/mol. The van der Waals surface area contributed by atoms with Crippen LogP contribution in [-0.4, -0.2) is 28.2 Å². The summed E-state index contributed by atoms with van der Waals surface area (Å²) in [5, 5.41) is 11.5. The van der Waals surface area contributed by atoms with E-state index in [9.17, 15) is 0 Å². The number of nitrogens with zero attached hydrogens (tertiary/aromatic N) is 6. The van der Waals surface area contributed by atoms with Gasteiger partial charge in [-0.05, 0) is 144 Å². The fraction of sp³-hybridized carbons (Fsp3) is 0. The molecule has 0 amide bonds. The third kappa shape index (κ3) is 6.86. The van der Waals surface area contributed by atoms with Crippen LogP contribution in [0.25, 0.3) is 166 Å². The summed E-state index contributed by atoms with van der Waals surface area (Å²) in [6, 6.07) is 100. The smallest absolute Gasteiger partial charge is 0.237 e. The standard InChI is InChI=1S/C76H46N6O/c1-3-17-52(18-4-1)79-65-26-12-7-21-54(65)59-41-47(31-36-69(59)79)49-33-38-71-61(43-49)56-23-9-14-28-67(56)81(71)75-46-64(51-35-40-74-63(45-51)58-25-11-16-30-73(58)83-74)77-76(78-75)82-68-29-15-10-24-57(68)62-44-50(34-39-72(62)82)48-32-37-70-60(42-48)55-22-8-13-27-66(55)80(70)53-19-5-2-6-20-53/h1-46H. The Labute approximate surface area is 475 Å². The molecule has 18 aromatic rings. The number of hydrogen-bond acceptors (Lipinski definition) is 3. The van der Waals surface area contributed by atoms with E-state index in [4.69, 9.17) is 14.4 Å². The van der Waals surface area contributed by atoms with Gasteiger partial charge in [-0.25, -0.2) is 4.98 Å². The Balaban J connectivity index is 0.828. The molecule has 0 bridgehead atoms. The Morgan fingerprint density at radius 2 is 0.578 bits per heavy atom. The molecule has 0 spiro atoms. The van der Waals surface area contributed by atoms with Crippen molar-refractivity contribution in [1.82, 2.24) is 28.2 Å². The summed E-state index contributed by atoms with van der Waals surface area (Å²) in [6.07, 6.45) is 0. The molecule has 0 aliphatic carbocycles. The van der Waals surface area contributed by atoms with Gasteiger partial charge in [0.15, 0.2) is 0 Å². The predicted octanol–water partition coefficient (Wildman–Crippen LogP) is 19.8. The van der Waals surface area contributed by atoms with Gasteiger partial charge in [0.25, 0.3) is 0 Å². The van der Waals surface area contributed by atoms with E-state index in [2.05, 4.69) is 285 Å². The molecule has 83 heavy (non-hydrogen) atoms. The highest BCUT2D eigenvalue weighted by atomic mass is 16.3. The van der Waals surface area contributed by atoms with Gasteiger partial charge in [0.1, 0.15) is 17.0 Å². The van der Waals surface area contributed by atoms with Gasteiger partial charge >= 0.3 is 0 Å². The summed E-state index contributed by atoms with van der Waals surface area (Å²) in [7, 11) is 0. The Kier molecular flexibility index (Phi) is 9.67. The van der Waals surface area contributed by atoms with Crippen molar-refractivity contribution in [2.45, 2.75) is 0 Å². The van der Waals surface area contributed by atoms with Crippen molar-refractivity contribution >= 4 is 109 Å². The van der Waals surface area contributed by atoms with Gasteiger partial charge in [0.2, 0.25) is 5.95 Å². The van der Waals surface area contributed by atoms with Crippen LogP contribution < -0.4 is 0 Å². The molecule has 386 valence electrons. The van der Waals surface area contributed by atoms with E-state index < -0.39 is 0 Å². The molecule has 0 saturated carbocycles. The second-order valence-corrected chi connectivity index (χ2v) is 21.7. The topological polar surface area (TPSA) is 58.6 Å². The molecule has 0 aliphatic heterocycles. The maximum absolute atomic E-state index is 6.36. The average Bonchev–Trinajstić information content (AvgIpc) is 3.94. The van der Waals surface area contributed by atoms with Crippen LogP contribution in [0.3, 0.4) is 0 Å². The van der Waals surface area contributed by atoms with Crippen LogP contribution in [0.1, 0.15) is 0 Å². The highest BCUT2D eigenvalue weighted by Crippen LogP contribution is 2.42. The molecule has 18 rings (SSSR count). The van der Waals surface area contributed by atoms with Gasteiger partial charge in [0, 0.05) is 76.9 Å². The first kappa shape index (κ1) is 45.6. The lowest BCUT2D eigenvalue weighted by Gasteiger charge is -2.14. The quantitative estimate of drug-likeness (QED) is 0.160. The molecular formula is C76H46N6O. The van der Waals surface area contributed by atoms with Gasteiger partial charge in [-0.2, -0.15) is 4.98 Å². The third-order valence-electron chi connectivity index (χ3n) is 17.2. The number of para-hydroxylation sites is 7. The molecular weight excluding hydrogens is 1010 g/mol. The minimum atomic E-state index is 0.578. The summed E-state index contributed by atoms with van der Waals surface area (Å²) >= 11 is 0. The van der Waals surface area contributed by atoms with E-state index in [1.54, 1.807) is 0 Å². The summed E-state index contributed by atoms with van der Waals surface area (Å²) in [5.74, 6) is 1.34. The monoisotopic (exact) mass is 1060 g/mol.